The van der Waals surface area contributed by atoms with Gasteiger partial charge in [-0.1, -0.05) is 0 Å². The molecular formula is C17H22FN3. The zero-order chi connectivity index (χ0) is 14.9. The fourth-order valence-electron chi connectivity index (χ4n) is 3.42. The van der Waals surface area contributed by atoms with Crippen LogP contribution in [0.3, 0.4) is 0 Å². The Labute approximate surface area is 126 Å². The number of nitrogens with zero attached hydrogens (tertiary/aromatic N) is 3. The molecule has 1 aromatic rings. The molecule has 0 radical (unpaired) electrons. The molecule has 0 aromatic heterocycles. The van der Waals surface area contributed by atoms with Crippen LogP contribution in [-0.2, 0) is 0 Å². The molecule has 0 amide bonds. The Balaban J connectivity index is 1.58. The van der Waals surface area contributed by atoms with Crippen LogP contribution in [0.2, 0.25) is 0 Å². The minimum Gasteiger partial charge on any atom is -0.370 e. The van der Waals surface area contributed by atoms with Crippen molar-refractivity contribution >= 4 is 5.69 Å². The molecule has 3 rings (SSSR count). The number of benzene rings is 1. The number of anilines is 1. The summed E-state index contributed by atoms with van der Waals surface area (Å²) in [7, 11) is 0. The third-order valence-electron chi connectivity index (χ3n) is 5.04. The molecule has 0 N–H and O–H groups in total. The smallest absolute Gasteiger partial charge is 0.123 e. The molecule has 0 saturated carbocycles. The van der Waals surface area contributed by atoms with Crippen LogP contribution in [0.1, 0.15) is 26.2 Å². The molecular weight excluding hydrogens is 265 g/mol. The van der Waals surface area contributed by atoms with Gasteiger partial charge in [-0.3, -0.25) is 4.90 Å². The number of nitriles is 1. The molecule has 1 aromatic carbocycles. The van der Waals surface area contributed by atoms with Gasteiger partial charge in [0.15, 0.2) is 0 Å². The molecule has 112 valence electrons. The van der Waals surface area contributed by atoms with Crippen LogP contribution in [-0.4, -0.2) is 37.1 Å². The van der Waals surface area contributed by atoms with Gasteiger partial charge < -0.3 is 4.90 Å². The molecule has 2 heterocycles. The Morgan fingerprint density at radius 1 is 1.19 bits per heavy atom. The van der Waals surface area contributed by atoms with Gasteiger partial charge in [0, 0.05) is 37.9 Å². The van der Waals surface area contributed by atoms with E-state index in [9.17, 15) is 9.65 Å². The highest BCUT2D eigenvalue weighted by Gasteiger charge is 2.35. The first-order valence-electron chi connectivity index (χ1n) is 7.75. The number of rotatable bonds is 2. The quantitative estimate of drug-likeness (QED) is 0.837. The first-order chi connectivity index (χ1) is 10.1. The number of halogens is 1. The van der Waals surface area contributed by atoms with E-state index in [1.54, 1.807) is 0 Å². The maximum absolute atomic E-state index is 13.0. The van der Waals surface area contributed by atoms with E-state index in [1.807, 2.05) is 12.1 Å². The van der Waals surface area contributed by atoms with Gasteiger partial charge in [-0.2, -0.15) is 5.26 Å². The van der Waals surface area contributed by atoms with Crippen LogP contribution in [0.25, 0.3) is 0 Å². The summed E-state index contributed by atoms with van der Waals surface area (Å²) in [6.45, 7) is 6.15. The molecule has 0 aliphatic carbocycles. The van der Waals surface area contributed by atoms with E-state index in [0.717, 1.165) is 51.1 Å². The monoisotopic (exact) mass is 287 g/mol. The van der Waals surface area contributed by atoms with E-state index >= 15 is 0 Å². The van der Waals surface area contributed by atoms with Gasteiger partial charge in [0.1, 0.15) is 5.82 Å². The lowest BCUT2D eigenvalue weighted by Gasteiger charge is -2.38. The number of hydrogen-bond donors (Lipinski definition) is 0. The Hall–Kier alpha value is -1.60. The first-order valence-corrected chi connectivity index (χ1v) is 7.75. The van der Waals surface area contributed by atoms with Crippen LogP contribution in [0.5, 0.6) is 0 Å². The lowest BCUT2D eigenvalue weighted by Crippen LogP contribution is -2.45. The molecule has 0 bridgehead atoms. The molecule has 3 nitrogen and oxygen atoms in total. The summed E-state index contributed by atoms with van der Waals surface area (Å²) in [6.07, 6.45) is 3.09. The van der Waals surface area contributed by atoms with Gasteiger partial charge in [-0.25, -0.2) is 4.39 Å². The van der Waals surface area contributed by atoms with E-state index in [4.69, 9.17) is 0 Å². The van der Waals surface area contributed by atoms with Gasteiger partial charge in [0.25, 0.3) is 0 Å². The summed E-state index contributed by atoms with van der Waals surface area (Å²) in [6, 6.07) is 9.81. The highest BCUT2D eigenvalue weighted by Crippen LogP contribution is 2.32. The zero-order valence-corrected chi connectivity index (χ0v) is 12.6. The van der Waals surface area contributed by atoms with Gasteiger partial charge >= 0.3 is 0 Å². The fourth-order valence-corrected chi connectivity index (χ4v) is 3.42. The predicted octanol–water partition coefficient (Wildman–Crippen LogP) is 3.03. The summed E-state index contributed by atoms with van der Waals surface area (Å²) in [5, 5.41) is 9.21. The lowest BCUT2D eigenvalue weighted by molar-refractivity contribution is 0.120. The summed E-state index contributed by atoms with van der Waals surface area (Å²) in [5.41, 5.74) is 0.976. The second kappa shape index (κ2) is 5.65. The Morgan fingerprint density at radius 3 is 2.48 bits per heavy atom. The van der Waals surface area contributed by atoms with Crippen molar-refractivity contribution in [1.82, 2.24) is 4.90 Å². The molecule has 1 atom stereocenters. The number of hydrogen-bond acceptors (Lipinski definition) is 3. The second-order valence-corrected chi connectivity index (χ2v) is 6.57. The highest BCUT2D eigenvalue weighted by molar-refractivity contribution is 5.47. The zero-order valence-electron chi connectivity index (χ0n) is 12.6. The van der Waals surface area contributed by atoms with Crippen molar-refractivity contribution in [2.75, 3.05) is 31.1 Å². The van der Waals surface area contributed by atoms with E-state index in [2.05, 4.69) is 22.8 Å². The van der Waals surface area contributed by atoms with Crippen LogP contribution in [0.4, 0.5) is 10.1 Å². The van der Waals surface area contributed by atoms with Crippen LogP contribution in [0.15, 0.2) is 24.3 Å². The van der Waals surface area contributed by atoms with E-state index in [1.165, 1.54) is 12.1 Å². The topological polar surface area (TPSA) is 30.3 Å². The van der Waals surface area contributed by atoms with Gasteiger partial charge in [-0.05, 0) is 50.5 Å². The SMILES string of the molecule is CC1(C#N)CCN([C@@H]2CCN(c3ccc(F)cc3)C2)CC1. The Morgan fingerprint density at radius 2 is 1.86 bits per heavy atom. The minimum atomic E-state index is -0.179. The minimum absolute atomic E-state index is 0.133. The number of piperidine rings is 1. The van der Waals surface area contributed by atoms with E-state index in [-0.39, 0.29) is 11.2 Å². The van der Waals surface area contributed by atoms with Crippen molar-refractivity contribution in [3.05, 3.63) is 30.1 Å². The summed E-state index contributed by atoms with van der Waals surface area (Å²) in [5.74, 6) is -0.179. The maximum atomic E-state index is 13.0. The van der Waals surface area contributed by atoms with Gasteiger partial charge in [-0.15, -0.1) is 0 Å². The molecule has 2 aliphatic heterocycles. The van der Waals surface area contributed by atoms with E-state index in [0.29, 0.717) is 6.04 Å². The Bertz CT molecular complexity index is 526. The molecule has 21 heavy (non-hydrogen) atoms. The van der Waals surface area contributed by atoms with Crippen molar-refractivity contribution in [3.63, 3.8) is 0 Å². The van der Waals surface area contributed by atoms with Gasteiger partial charge in [0.2, 0.25) is 0 Å². The third kappa shape index (κ3) is 3.03. The molecule has 4 heteroatoms. The number of likely N-dealkylation sites (tertiary alicyclic amines) is 1. The molecule has 2 saturated heterocycles. The van der Waals surface area contributed by atoms with Crippen molar-refractivity contribution < 1.29 is 4.39 Å². The Kier molecular flexibility index (Phi) is 3.86. The van der Waals surface area contributed by atoms with Crippen LogP contribution >= 0.6 is 0 Å². The van der Waals surface area contributed by atoms with Crippen molar-refractivity contribution in [2.45, 2.75) is 32.2 Å². The second-order valence-electron chi connectivity index (χ2n) is 6.57. The standard InChI is InChI=1S/C17H22FN3/c1-17(13-19)7-10-20(11-8-17)16-6-9-21(12-16)15-4-2-14(18)3-5-15/h2-5,16H,6-12H2,1H3/t16-/m1/s1. The van der Waals surface area contributed by atoms with Crippen LogP contribution < -0.4 is 4.90 Å². The lowest BCUT2D eigenvalue weighted by atomic mass is 9.81. The fraction of sp³-hybridized carbons (Fsp3) is 0.588. The predicted molar refractivity (Wildman–Crippen MR) is 81.5 cm³/mol. The largest absolute Gasteiger partial charge is 0.370 e. The average molecular weight is 287 g/mol. The first kappa shape index (κ1) is 14.3. The molecule has 2 aliphatic rings. The maximum Gasteiger partial charge on any atom is 0.123 e. The molecule has 0 unspecified atom stereocenters. The van der Waals surface area contributed by atoms with Crippen molar-refractivity contribution in [2.24, 2.45) is 5.41 Å². The van der Waals surface area contributed by atoms with Gasteiger partial charge in [0.05, 0.1) is 11.5 Å². The van der Waals surface area contributed by atoms with Crippen molar-refractivity contribution in [3.8, 4) is 6.07 Å². The summed E-state index contributed by atoms with van der Waals surface area (Å²) in [4.78, 5) is 4.87. The molecule has 2 fully saturated rings. The third-order valence-corrected chi connectivity index (χ3v) is 5.04. The van der Waals surface area contributed by atoms with Crippen molar-refractivity contribution in [1.29, 1.82) is 5.26 Å². The van der Waals surface area contributed by atoms with E-state index < -0.39 is 0 Å². The summed E-state index contributed by atoms with van der Waals surface area (Å²) >= 11 is 0. The summed E-state index contributed by atoms with van der Waals surface area (Å²) < 4.78 is 13.0. The van der Waals surface area contributed by atoms with Crippen LogP contribution in [0, 0.1) is 22.6 Å². The average Bonchev–Trinajstić information content (AvgIpc) is 2.98. The highest BCUT2D eigenvalue weighted by atomic mass is 19.1. The molecule has 0 spiro atoms. The normalized spacial score (nSPS) is 25.8.